The van der Waals surface area contributed by atoms with Crippen LogP contribution in [-0.2, 0) is 16.1 Å². The molecule has 0 spiro atoms. The maximum atomic E-state index is 13.1. The molecule has 3 amide bonds. The lowest BCUT2D eigenvalue weighted by Crippen LogP contribution is -2.42. The maximum Gasteiger partial charge on any atom is 0.419 e. The first-order valence-electron chi connectivity index (χ1n) is 11.6. The van der Waals surface area contributed by atoms with Crippen molar-refractivity contribution in [2.75, 3.05) is 32.5 Å². The van der Waals surface area contributed by atoms with Gasteiger partial charge in [0.2, 0.25) is 11.8 Å². The molecule has 2 aromatic carbocycles. The van der Waals surface area contributed by atoms with Crippen molar-refractivity contribution >= 4 is 34.5 Å². The summed E-state index contributed by atoms with van der Waals surface area (Å²) in [6.07, 6.45) is 1.75. The number of likely N-dealkylation sites (N-methyl/N-ethyl adjacent to an activating group) is 1. The average molecular weight is 478 g/mol. The summed E-state index contributed by atoms with van der Waals surface area (Å²) in [6, 6.07) is 11.4. The lowest BCUT2D eigenvalue weighted by Gasteiger charge is -2.24. The lowest BCUT2D eigenvalue weighted by atomic mass is 10.0. The van der Waals surface area contributed by atoms with Crippen LogP contribution in [-0.4, -0.2) is 65.3 Å². The van der Waals surface area contributed by atoms with E-state index in [9.17, 15) is 19.2 Å². The molecule has 2 N–H and O–H groups in total. The van der Waals surface area contributed by atoms with Crippen LogP contribution < -0.4 is 16.4 Å². The minimum atomic E-state index is -0.729. The van der Waals surface area contributed by atoms with Crippen molar-refractivity contribution in [3.8, 4) is 0 Å². The van der Waals surface area contributed by atoms with Gasteiger partial charge in [-0.1, -0.05) is 18.2 Å². The molecule has 3 aromatic rings. The summed E-state index contributed by atoms with van der Waals surface area (Å²) in [6.45, 7) is 0.855. The van der Waals surface area contributed by atoms with E-state index in [2.05, 4.69) is 10.6 Å². The first-order valence-corrected chi connectivity index (χ1v) is 11.6. The van der Waals surface area contributed by atoms with Crippen LogP contribution in [0.5, 0.6) is 0 Å². The summed E-state index contributed by atoms with van der Waals surface area (Å²) in [7, 11) is 3.83. The SMILES string of the molecule is CN(C)CCn1c(=O)oc2ccc(NC(=O)CNC(=O)C3c4ccccc4C(=O)N3C3CC3)cc21. The predicted molar refractivity (Wildman–Crippen MR) is 129 cm³/mol. The van der Waals surface area contributed by atoms with E-state index in [1.807, 2.05) is 19.0 Å². The van der Waals surface area contributed by atoms with Gasteiger partial charge in [0, 0.05) is 30.4 Å². The van der Waals surface area contributed by atoms with Crippen LogP contribution in [0.4, 0.5) is 5.69 Å². The highest BCUT2D eigenvalue weighted by Gasteiger charge is 2.47. The molecule has 2 aliphatic rings. The van der Waals surface area contributed by atoms with Crippen LogP contribution in [0.3, 0.4) is 0 Å². The van der Waals surface area contributed by atoms with E-state index in [1.54, 1.807) is 47.4 Å². The zero-order valence-electron chi connectivity index (χ0n) is 19.6. The van der Waals surface area contributed by atoms with Gasteiger partial charge in [-0.05, 0) is 56.8 Å². The first kappa shape index (κ1) is 22.9. The van der Waals surface area contributed by atoms with E-state index in [1.165, 1.54) is 4.57 Å². The second-order valence-corrected chi connectivity index (χ2v) is 9.20. The normalized spacial score (nSPS) is 17.2. The lowest BCUT2D eigenvalue weighted by molar-refractivity contribution is -0.127. The summed E-state index contributed by atoms with van der Waals surface area (Å²) in [5, 5.41) is 5.43. The summed E-state index contributed by atoms with van der Waals surface area (Å²) in [5.74, 6) is -1.39. The Morgan fingerprint density at radius 3 is 2.63 bits per heavy atom. The van der Waals surface area contributed by atoms with E-state index >= 15 is 0 Å². The largest absolute Gasteiger partial charge is 0.419 e. The number of hydrogen-bond donors (Lipinski definition) is 2. The molecule has 10 heteroatoms. The molecule has 0 radical (unpaired) electrons. The van der Waals surface area contributed by atoms with Crippen LogP contribution in [0.15, 0.2) is 51.7 Å². The molecule has 1 atom stereocenters. The van der Waals surface area contributed by atoms with E-state index in [0.29, 0.717) is 41.0 Å². The molecule has 1 aliphatic heterocycles. The van der Waals surface area contributed by atoms with Crippen LogP contribution in [0.2, 0.25) is 0 Å². The van der Waals surface area contributed by atoms with Gasteiger partial charge in [-0.15, -0.1) is 0 Å². The monoisotopic (exact) mass is 477 g/mol. The Morgan fingerprint density at radius 2 is 1.89 bits per heavy atom. The quantitative estimate of drug-likeness (QED) is 0.509. The number of carbonyl (C=O) groups is 3. The third-order valence-electron chi connectivity index (χ3n) is 6.33. The highest BCUT2D eigenvalue weighted by Crippen LogP contribution is 2.41. The first-order chi connectivity index (χ1) is 16.8. The highest BCUT2D eigenvalue weighted by molar-refractivity contribution is 6.05. The molecule has 182 valence electrons. The van der Waals surface area contributed by atoms with E-state index in [-0.39, 0.29) is 24.4 Å². The summed E-state index contributed by atoms with van der Waals surface area (Å²) in [4.78, 5) is 54.3. The van der Waals surface area contributed by atoms with Crippen molar-refractivity contribution in [2.24, 2.45) is 0 Å². The fraction of sp³-hybridized carbons (Fsp3) is 0.360. The molecule has 1 unspecified atom stereocenters. The number of carbonyl (C=O) groups excluding carboxylic acids is 3. The number of benzene rings is 2. The fourth-order valence-corrected chi connectivity index (χ4v) is 4.45. The number of aromatic nitrogens is 1. The third kappa shape index (κ3) is 4.44. The number of anilines is 1. The minimum absolute atomic E-state index is 0.0614. The summed E-state index contributed by atoms with van der Waals surface area (Å²) >= 11 is 0. The topological polar surface area (TPSA) is 117 Å². The molecule has 2 heterocycles. The molecule has 10 nitrogen and oxygen atoms in total. The standard InChI is InChI=1S/C25H27N5O5/c1-28(2)11-12-29-19-13-15(7-10-20(19)35-25(29)34)27-21(31)14-26-23(32)22-17-5-3-4-6-18(17)24(33)30(22)16-8-9-16/h3-7,10,13,16,22H,8-9,11-12,14H2,1-2H3,(H,26,32)(H,27,31). The van der Waals surface area contributed by atoms with Crippen molar-refractivity contribution in [1.82, 2.24) is 19.7 Å². The average Bonchev–Trinajstić information content (AvgIpc) is 3.56. The Kier molecular flexibility index (Phi) is 5.89. The van der Waals surface area contributed by atoms with Gasteiger partial charge in [-0.25, -0.2) is 4.79 Å². The number of amides is 3. The van der Waals surface area contributed by atoms with Crippen LogP contribution in [0.1, 0.15) is 34.8 Å². The van der Waals surface area contributed by atoms with Gasteiger partial charge in [-0.2, -0.15) is 0 Å². The second kappa shape index (κ2) is 9.03. The van der Waals surface area contributed by atoms with E-state index < -0.39 is 17.7 Å². The number of oxazole rings is 1. The maximum absolute atomic E-state index is 13.1. The van der Waals surface area contributed by atoms with Gasteiger partial charge < -0.3 is 24.9 Å². The van der Waals surface area contributed by atoms with Gasteiger partial charge in [0.25, 0.3) is 5.91 Å². The van der Waals surface area contributed by atoms with Crippen molar-refractivity contribution < 1.29 is 18.8 Å². The molecule has 1 saturated carbocycles. The van der Waals surface area contributed by atoms with Crippen LogP contribution in [0, 0.1) is 0 Å². The van der Waals surface area contributed by atoms with Crippen LogP contribution >= 0.6 is 0 Å². The van der Waals surface area contributed by atoms with Crippen molar-refractivity contribution in [3.63, 3.8) is 0 Å². The molecule has 5 rings (SSSR count). The number of hydrogen-bond acceptors (Lipinski definition) is 6. The van der Waals surface area contributed by atoms with Gasteiger partial charge in [0.05, 0.1) is 12.1 Å². The van der Waals surface area contributed by atoms with Crippen molar-refractivity contribution in [2.45, 2.75) is 31.5 Å². The molecule has 1 fully saturated rings. The van der Waals surface area contributed by atoms with E-state index in [0.717, 1.165) is 12.8 Å². The zero-order valence-corrected chi connectivity index (χ0v) is 19.6. The fourth-order valence-electron chi connectivity index (χ4n) is 4.45. The van der Waals surface area contributed by atoms with Gasteiger partial charge in [0.15, 0.2) is 5.58 Å². The Hall–Kier alpha value is -3.92. The summed E-state index contributed by atoms with van der Waals surface area (Å²) in [5.41, 5.74) is 2.71. The number of fused-ring (bicyclic) bond motifs is 2. The van der Waals surface area contributed by atoms with Crippen molar-refractivity contribution in [1.29, 1.82) is 0 Å². The number of nitrogens with one attached hydrogen (secondary N) is 2. The molecule has 0 saturated heterocycles. The smallest absolute Gasteiger partial charge is 0.408 e. The van der Waals surface area contributed by atoms with Crippen molar-refractivity contribution in [3.05, 3.63) is 64.1 Å². The molecule has 1 aromatic heterocycles. The molecule has 0 bridgehead atoms. The highest BCUT2D eigenvalue weighted by atomic mass is 16.4. The molecular formula is C25H27N5O5. The molecule has 1 aliphatic carbocycles. The van der Waals surface area contributed by atoms with Gasteiger partial charge >= 0.3 is 5.76 Å². The van der Waals surface area contributed by atoms with Gasteiger partial charge in [0.1, 0.15) is 6.04 Å². The minimum Gasteiger partial charge on any atom is -0.408 e. The zero-order chi connectivity index (χ0) is 24.7. The number of rotatable bonds is 8. The Labute approximate surface area is 201 Å². The molecule has 35 heavy (non-hydrogen) atoms. The van der Waals surface area contributed by atoms with E-state index in [4.69, 9.17) is 4.42 Å². The Balaban J connectivity index is 1.26. The Bertz CT molecular complexity index is 1370. The third-order valence-corrected chi connectivity index (χ3v) is 6.33. The Morgan fingerprint density at radius 1 is 1.11 bits per heavy atom. The predicted octanol–water partition coefficient (Wildman–Crippen LogP) is 1.57. The van der Waals surface area contributed by atoms with Gasteiger partial charge in [-0.3, -0.25) is 19.0 Å². The molecular weight excluding hydrogens is 450 g/mol. The number of nitrogens with zero attached hydrogens (tertiary/aromatic N) is 3. The van der Waals surface area contributed by atoms with Crippen LogP contribution in [0.25, 0.3) is 11.1 Å². The summed E-state index contributed by atoms with van der Waals surface area (Å²) < 4.78 is 6.81. The second-order valence-electron chi connectivity index (χ2n) is 9.20.